The van der Waals surface area contributed by atoms with Crippen LogP contribution in [-0.2, 0) is 11.2 Å². The molecular weight excluding hydrogens is 254 g/mol. The zero-order chi connectivity index (χ0) is 13.8. The molecule has 0 unspecified atom stereocenters. The van der Waals surface area contributed by atoms with Crippen molar-refractivity contribution in [3.8, 4) is 11.5 Å². The van der Waals surface area contributed by atoms with Crippen molar-refractivity contribution in [2.45, 2.75) is 25.7 Å². The summed E-state index contributed by atoms with van der Waals surface area (Å²) in [6.45, 7) is 4.21. The lowest BCUT2D eigenvalue weighted by Gasteiger charge is -2.25. The van der Waals surface area contributed by atoms with Gasteiger partial charge in [-0.25, -0.2) is 0 Å². The maximum Gasteiger partial charge on any atom is 0.161 e. The molecule has 0 N–H and O–H groups in total. The minimum atomic E-state index is 0.410. The lowest BCUT2D eigenvalue weighted by atomic mass is 10.1. The van der Waals surface area contributed by atoms with Crippen LogP contribution in [0, 0.1) is 0 Å². The number of hydrogen-bond acceptors (Lipinski definition) is 4. The van der Waals surface area contributed by atoms with Crippen LogP contribution in [0.5, 0.6) is 11.5 Å². The van der Waals surface area contributed by atoms with Gasteiger partial charge in [0.2, 0.25) is 0 Å². The molecule has 2 aliphatic heterocycles. The van der Waals surface area contributed by atoms with Crippen LogP contribution in [0.25, 0.3) is 0 Å². The summed E-state index contributed by atoms with van der Waals surface area (Å²) in [7, 11) is 0. The number of ketones is 1. The van der Waals surface area contributed by atoms with Crippen LogP contribution in [0.15, 0.2) is 18.2 Å². The summed E-state index contributed by atoms with van der Waals surface area (Å²) in [5, 5.41) is 0. The first kappa shape index (κ1) is 13.4. The third kappa shape index (κ3) is 3.31. The number of rotatable bonds is 4. The van der Waals surface area contributed by atoms with E-state index in [-0.39, 0.29) is 0 Å². The van der Waals surface area contributed by atoms with E-state index in [1.165, 1.54) is 5.56 Å². The van der Waals surface area contributed by atoms with Crippen LogP contribution in [-0.4, -0.2) is 43.5 Å². The van der Waals surface area contributed by atoms with Crippen molar-refractivity contribution in [1.82, 2.24) is 4.90 Å². The molecule has 0 radical (unpaired) electrons. The fourth-order valence-corrected chi connectivity index (χ4v) is 2.78. The number of carbonyl (C=O) groups is 1. The van der Waals surface area contributed by atoms with Crippen molar-refractivity contribution in [2.24, 2.45) is 0 Å². The van der Waals surface area contributed by atoms with Crippen molar-refractivity contribution in [1.29, 1.82) is 0 Å². The molecule has 0 aliphatic carbocycles. The summed E-state index contributed by atoms with van der Waals surface area (Å²) >= 11 is 0. The largest absolute Gasteiger partial charge is 0.486 e. The Hall–Kier alpha value is -1.55. The van der Waals surface area contributed by atoms with E-state index in [0.29, 0.717) is 19.0 Å². The highest BCUT2D eigenvalue weighted by molar-refractivity contribution is 5.79. The second-order valence-corrected chi connectivity index (χ2v) is 5.46. The number of carbonyl (C=O) groups excluding carboxylic acids is 1. The number of piperidine rings is 1. The number of hydrogen-bond donors (Lipinski definition) is 0. The Balaban J connectivity index is 1.47. The molecule has 4 nitrogen and oxygen atoms in total. The quantitative estimate of drug-likeness (QED) is 0.843. The fraction of sp³-hybridized carbons (Fsp3) is 0.562. The van der Waals surface area contributed by atoms with Gasteiger partial charge in [-0.05, 0) is 37.1 Å². The van der Waals surface area contributed by atoms with Gasteiger partial charge in [0.1, 0.15) is 19.0 Å². The average molecular weight is 275 g/mol. The minimum absolute atomic E-state index is 0.410. The maximum atomic E-state index is 11.2. The predicted octanol–water partition coefficient (Wildman–Crippen LogP) is 2.06. The zero-order valence-corrected chi connectivity index (χ0v) is 11.8. The maximum absolute atomic E-state index is 11.2. The Morgan fingerprint density at radius 2 is 1.80 bits per heavy atom. The van der Waals surface area contributed by atoms with Gasteiger partial charge in [0.05, 0.1) is 0 Å². The van der Waals surface area contributed by atoms with Crippen LogP contribution in [0.1, 0.15) is 24.8 Å². The topological polar surface area (TPSA) is 38.8 Å². The highest BCUT2D eigenvalue weighted by Gasteiger charge is 2.15. The first-order valence-electron chi connectivity index (χ1n) is 7.44. The van der Waals surface area contributed by atoms with Gasteiger partial charge in [0, 0.05) is 25.9 Å². The summed E-state index contributed by atoms with van der Waals surface area (Å²) < 4.78 is 11.1. The Bertz CT molecular complexity index is 477. The molecule has 2 aliphatic rings. The van der Waals surface area contributed by atoms with Gasteiger partial charge in [-0.2, -0.15) is 0 Å². The van der Waals surface area contributed by atoms with Crippen LogP contribution in [0.4, 0.5) is 0 Å². The summed E-state index contributed by atoms with van der Waals surface area (Å²) in [5.41, 5.74) is 1.29. The van der Waals surface area contributed by atoms with Crippen LogP contribution in [0.3, 0.4) is 0 Å². The van der Waals surface area contributed by atoms with Crippen molar-refractivity contribution in [2.75, 3.05) is 32.8 Å². The summed E-state index contributed by atoms with van der Waals surface area (Å²) in [4.78, 5) is 13.6. The minimum Gasteiger partial charge on any atom is -0.486 e. The number of Topliss-reactive ketones (excluding diaryl/α,β-unsaturated/α-hetero) is 1. The second kappa shape index (κ2) is 6.27. The van der Waals surface area contributed by atoms with Gasteiger partial charge in [-0.3, -0.25) is 4.79 Å². The second-order valence-electron chi connectivity index (χ2n) is 5.46. The SMILES string of the molecule is O=C1CCN(CCCc2ccc3c(c2)OCCO3)CC1. The van der Waals surface area contributed by atoms with Crippen LogP contribution >= 0.6 is 0 Å². The Labute approximate surface area is 119 Å². The van der Waals surface area contributed by atoms with E-state index >= 15 is 0 Å². The van der Waals surface area contributed by atoms with Crippen LogP contribution < -0.4 is 9.47 Å². The van der Waals surface area contributed by atoms with Gasteiger partial charge in [-0.1, -0.05) is 6.07 Å². The molecule has 2 heterocycles. The molecule has 0 amide bonds. The zero-order valence-electron chi connectivity index (χ0n) is 11.8. The molecule has 108 valence electrons. The summed E-state index contributed by atoms with van der Waals surface area (Å²) in [5.74, 6) is 2.14. The third-order valence-electron chi connectivity index (χ3n) is 3.96. The molecular formula is C16H21NO3. The van der Waals surface area contributed by atoms with Gasteiger partial charge in [-0.15, -0.1) is 0 Å². The molecule has 0 bridgehead atoms. The molecule has 0 saturated carbocycles. The van der Waals surface area contributed by atoms with Crippen molar-refractivity contribution < 1.29 is 14.3 Å². The summed E-state index contributed by atoms with van der Waals surface area (Å²) in [6.07, 6.45) is 3.61. The average Bonchev–Trinajstić information content (AvgIpc) is 2.49. The standard InChI is InChI=1S/C16H21NO3/c18-14-5-8-17(9-6-14)7-1-2-13-3-4-15-16(12-13)20-11-10-19-15/h3-4,12H,1-2,5-11H2. The molecule has 1 aromatic rings. The number of aryl methyl sites for hydroxylation is 1. The van der Waals surface area contributed by atoms with E-state index in [0.717, 1.165) is 56.8 Å². The monoisotopic (exact) mass is 275 g/mol. The highest BCUT2D eigenvalue weighted by atomic mass is 16.6. The van der Waals surface area contributed by atoms with Gasteiger partial charge < -0.3 is 14.4 Å². The number of likely N-dealkylation sites (tertiary alicyclic amines) is 1. The van der Waals surface area contributed by atoms with E-state index in [1.807, 2.05) is 6.07 Å². The molecule has 1 saturated heterocycles. The summed E-state index contributed by atoms with van der Waals surface area (Å²) in [6, 6.07) is 6.21. The Morgan fingerprint density at radius 1 is 1.05 bits per heavy atom. The van der Waals surface area contributed by atoms with E-state index in [4.69, 9.17) is 9.47 Å². The highest BCUT2D eigenvalue weighted by Crippen LogP contribution is 2.31. The van der Waals surface area contributed by atoms with Gasteiger partial charge in [0.25, 0.3) is 0 Å². The molecule has 3 rings (SSSR count). The van der Waals surface area contributed by atoms with Gasteiger partial charge in [0.15, 0.2) is 11.5 Å². The first-order chi connectivity index (χ1) is 9.81. The number of fused-ring (bicyclic) bond motifs is 1. The molecule has 4 heteroatoms. The molecule has 0 spiro atoms. The van der Waals surface area contributed by atoms with Crippen molar-refractivity contribution in [3.63, 3.8) is 0 Å². The van der Waals surface area contributed by atoms with E-state index in [1.54, 1.807) is 0 Å². The molecule has 1 aromatic carbocycles. The predicted molar refractivity (Wildman–Crippen MR) is 76.4 cm³/mol. The van der Waals surface area contributed by atoms with Crippen LogP contribution in [0.2, 0.25) is 0 Å². The Morgan fingerprint density at radius 3 is 2.60 bits per heavy atom. The van der Waals surface area contributed by atoms with E-state index < -0.39 is 0 Å². The number of nitrogens with zero attached hydrogens (tertiary/aromatic N) is 1. The van der Waals surface area contributed by atoms with E-state index in [2.05, 4.69) is 17.0 Å². The molecule has 1 fully saturated rings. The van der Waals surface area contributed by atoms with Gasteiger partial charge >= 0.3 is 0 Å². The van der Waals surface area contributed by atoms with Crippen molar-refractivity contribution >= 4 is 5.78 Å². The fourth-order valence-electron chi connectivity index (χ4n) is 2.78. The number of benzene rings is 1. The molecule has 0 atom stereocenters. The first-order valence-corrected chi connectivity index (χ1v) is 7.44. The third-order valence-corrected chi connectivity index (χ3v) is 3.96. The molecule has 20 heavy (non-hydrogen) atoms. The smallest absolute Gasteiger partial charge is 0.161 e. The lowest BCUT2D eigenvalue weighted by molar-refractivity contribution is -0.121. The molecule has 0 aromatic heterocycles. The van der Waals surface area contributed by atoms with E-state index in [9.17, 15) is 4.79 Å². The normalized spacial score (nSPS) is 19.1. The number of ether oxygens (including phenoxy) is 2. The Kier molecular flexibility index (Phi) is 4.21. The van der Waals surface area contributed by atoms with Crippen molar-refractivity contribution in [3.05, 3.63) is 23.8 Å². The lowest BCUT2D eigenvalue weighted by Crippen LogP contribution is -2.34.